The van der Waals surface area contributed by atoms with Gasteiger partial charge < -0.3 is 15.2 Å². The second kappa shape index (κ2) is 7.74. The molecule has 1 atom stereocenters. The molecule has 0 aromatic heterocycles. The van der Waals surface area contributed by atoms with Crippen molar-refractivity contribution in [2.24, 2.45) is 0 Å². The summed E-state index contributed by atoms with van der Waals surface area (Å²) in [4.78, 5) is 22.3. The Labute approximate surface area is 111 Å². The highest BCUT2D eigenvalue weighted by Crippen LogP contribution is 2.01. The van der Waals surface area contributed by atoms with Crippen molar-refractivity contribution in [3.63, 3.8) is 0 Å². The number of nitrogens with one attached hydrogen (secondary N) is 1. The first-order chi connectivity index (χ1) is 9.13. The highest BCUT2D eigenvalue weighted by Gasteiger charge is 2.19. The molecule has 1 rings (SSSR count). The van der Waals surface area contributed by atoms with Crippen LogP contribution >= 0.6 is 0 Å². The number of rotatable bonds is 6. The van der Waals surface area contributed by atoms with Crippen LogP contribution in [0.3, 0.4) is 0 Å². The number of amides is 1. The second-order valence-electron chi connectivity index (χ2n) is 3.74. The van der Waals surface area contributed by atoms with E-state index >= 15 is 0 Å². The van der Waals surface area contributed by atoms with Crippen LogP contribution < -0.4 is 5.32 Å². The maximum absolute atomic E-state index is 11.4. The molecule has 0 saturated heterocycles. The molecule has 0 bridgehead atoms. The summed E-state index contributed by atoms with van der Waals surface area (Å²) in [6, 6.07) is 8.07. The van der Waals surface area contributed by atoms with E-state index in [-0.39, 0.29) is 13.0 Å². The molecular weight excluding hydrogens is 246 g/mol. The highest BCUT2D eigenvalue weighted by atomic mass is 16.5. The molecule has 19 heavy (non-hydrogen) atoms. The molecule has 5 heteroatoms. The molecule has 0 aliphatic rings. The van der Waals surface area contributed by atoms with E-state index in [1.807, 2.05) is 30.3 Å². The van der Waals surface area contributed by atoms with Crippen LogP contribution in [0.4, 0.5) is 4.79 Å². The number of carboxylic acid groups (broad SMARTS) is 1. The number of alkyl carbamates (subject to hydrolysis) is 1. The molecule has 1 amide bonds. The lowest BCUT2D eigenvalue weighted by molar-refractivity contribution is -0.139. The van der Waals surface area contributed by atoms with Gasteiger partial charge in [0.05, 0.1) is 0 Å². The lowest BCUT2D eigenvalue weighted by atomic mass is 10.2. The maximum Gasteiger partial charge on any atom is 0.408 e. The van der Waals surface area contributed by atoms with Gasteiger partial charge in [-0.3, -0.25) is 0 Å². The van der Waals surface area contributed by atoms with Crippen molar-refractivity contribution in [3.8, 4) is 0 Å². The summed E-state index contributed by atoms with van der Waals surface area (Å²) < 4.78 is 4.93. The molecule has 0 aliphatic carbocycles. The number of hydrogen-bond acceptors (Lipinski definition) is 3. The molecule has 1 aromatic rings. The van der Waals surface area contributed by atoms with Crippen LogP contribution in [0.15, 0.2) is 48.7 Å². The Morgan fingerprint density at radius 1 is 1.42 bits per heavy atom. The second-order valence-corrected chi connectivity index (χ2v) is 3.74. The quantitative estimate of drug-likeness (QED) is 0.769. The van der Waals surface area contributed by atoms with E-state index in [0.29, 0.717) is 0 Å². The molecule has 2 N–H and O–H groups in total. The molecule has 0 saturated carbocycles. The van der Waals surface area contributed by atoms with Gasteiger partial charge in [0.15, 0.2) is 0 Å². The molecule has 0 radical (unpaired) electrons. The van der Waals surface area contributed by atoms with E-state index in [4.69, 9.17) is 9.84 Å². The number of carboxylic acids is 1. The van der Waals surface area contributed by atoms with Crippen molar-refractivity contribution < 1.29 is 19.4 Å². The Bertz CT molecular complexity index is 477. The topological polar surface area (TPSA) is 75.6 Å². The van der Waals surface area contributed by atoms with Crippen molar-refractivity contribution in [3.05, 3.63) is 54.3 Å². The Morgan fingerprint density at radius 3 is 2.68 bits per heavy atom. The SMILES string of the molecule is C=C=CCC(NC(=O)OCc1ccccc1)C(=O)O. The average Bonchev–Trinajstić information content (AvgIpc) is 2.42. The zero-order valence-corrected chi connectivity index (χ0v) is 10.3. The normalized spacial score (nSPS) is 10.9. The fourth-order valence-corrected chi connectivity index (χ4v) is 1.33. The Hall–Kier alpha value is -2.52. The van der Waals surface area contributed by atoms with Crippen LogP contribution in [0.2, 0.25) is 0 Å². The Kier molecular flexibility index (Phi) is 5.92. The lowest BCUT2D eigenvalue weighted by Crippen LogP contribution is -2.40. The van der Waals surface area contributed by atoms with Gasteiger partial charge in [-0.2, -0.15) is 0 Å². The van der Waals surface area contributed by atoms with Gasteiger partial charge in [0, 0.05) is 6.42 Å². The van der Waals surface area contributed by atoms with Crippen molar-refractivity contribution in [2.45, 2.75) is 19.1 Å². The van der Waals surface area contributed by atoms with Crippen LogP contribution in [0.25, 0.3) is 0 Å². The minimum Gasteiger partial charge on any atom is -0.480 e. The maximum atomic E-state index is 11.4. The molecular formula is C14H15NO4. The number of hydrogen-bond donors (Lipinski definition) is 2. The van der Waals surface area contributed by atoms with Gasteiger partial charge in [0.2, 0.25) is 0 Å². The van der Waals surface area contributed by atoms with E-state index in [1.54, 1.807) is 0 Å². The average molecular weight is 261 g/mol. The first-order valence-electron chi connectivity index (χ1n) is 5.67. The summed E-state index contributed by atoms with van der Waals surface area (Å²) in [6.45, 7) is 3.42. The zero-order chi connectivity index (χ0) is 14.1. The minimum absolute atomic E-state index is 0.0936. The van der Waals surface area contributed by atoms with Crippen LogP contribution in [-0.2, 0) is 16.1 Å². The summed E-state index contributed by atoms with van der Waals surface area (Å²) in [5.74, 6) is -1.14. The number of benzene rings is 1. The molecule has 0 spiro atoms. The first kappa shape index (κ1) is 14.5. The molecule has 1 unspecified atom stereocenters. The largest absolute Gasteiger partial charge is 0.480 e. The fourth-order valence-electron chi connectivity index (χ4n) is 1.33. The van der Waals surface area contributed by atoms with Crippen molar-refractivity contribution >= 4 is 12.1 Å². The minimum atomic E-state index is -1.14. The van der Waals surface area contributed by atoms with Gasteiger partial charge in [-0.15, -0.1) is 5.73 Å². The van der Waals surface area contributed by atoms with Crippen LogP contribution in [0.1, 0.15) is 12.0 Å². The Morgan fingerprint density at radius 2 is 2.11 bits per heavy atom. The smallest absolute Gasteiger partial charge is 0.408 e. The third-order valence-electron chi connectivity index (χ3n) is 2.30. The number of ether oxygens (including phenoxy) is 1. The van der Waals surface area contributed by atoms with E-state index in [0.717, 1.165) is 5.56 Å². The van der Waals surface area contributed by atoms with E-state index in [9.17, 15) is 9.59 Å². The molecule has 5 nitrogen and oxygen atoms in total. The summed E-state index contributed by atoms with van der Waals surface area (Å²) in [5, 5.41) is 11.2. The summed E-state index contributed by atoms with van der Waals surface area (Å²) in [6.07, 6.45) is 0.781. The van der Waals surface area contributed by atoms with Gasteiger partial charge in [-0.05, 0) is 11.6 Å². The fraction of sp³-hybridized carbons (Fsp3) is 0.214. The number of carbonyl (C=O) groups excluding carboxylic acids is 1. The third kappa shape index (κ3) is 5.57. The van der Waals surface area contributed by atoms with Gasteiger partial charge in [0.25, 0.3) is 0 Å². The van der Waals surface area contributed by atoms with E-state index < -0.39 is 18.1 Å². The first-order valence-corrected chi connectivity index (χ1v) is 5.67. The van der Waals surface area contributed by atoms with Gasteiger partial charge in [-0.25, -0.2) is 9.59 Å². The molecule has 0 fully saturated rings. The monoisotopic (exact) mass is 261 g/mol. The summed E-state index contributed by atoms with van der Waals surface area (Å²) in [7, 11) is 0. The van der Waals surface area contributed by atoms with Gasteiger partial charge >= 0.3 is 12.1 Å². The molecule has 1 aromatic carbocycles. The van der Waals surface area contributed by atoms with E-state index in [1.165, 1.54) is 6.08 Å². The lowest BCUT2D eigenvalue weighted by Gasteiger charge is -2.12. The third-order valence-corrected chi connectivity index (χ3v) is 2.30. The molecule has 0 heterocycles. The zero-order valence-electron chi connectivity index (χ0n) is 10.3. The standard InChI is InChI=1S/C14H15NO4/c1-2-3-9-12(13(16)17)15-14(18)19-10-11-7-5-4-6-8-11/h3-8,12H,1,9-10H2,(H,15,18)(H,16,17). The van der Waals surface area contributed by atoms with Crippen LogP contribution in [0, 0.1) is 0 Å². The van der Waals surface area contributed by atoms with Crippen LogP contribution in [-0.4, -0.2) is 23.2 Å². The Balaban J connectivity index is 2.44. The van der Waals surface area contributed by atoms with Crippen molar-refractivity contribution in [1.29, 1.82) is 0 Å². The molecule has 100 valence electrons. The molecule has 0 aliphatic heterocycles. The van der Waals surface area contributed by atoms with E-state index in [2.05, 4.69) is 17.6 Å². The summed E-state index contributed by atoms with van der Waals surface area (Å²) >= 11 is 0. The van der Waals surface area contributed by atoms with Crippen molar-refractivity contribution in [2.75, 3.05) is 0 Å². The predicted molar refractivity (Wildman–Crippen MR) is 69.5 cm³/mol. The number of carbonyl (C=O) groups is 2. The predicted octanol–water partition coefficient (Wildman–Crippen LogP) is 2.10. The van der Waals surface area contributed by atoms with Gasteiger partial charge in [0.1, 0.15) is 12.6 Å². The highest BCUT2D eigenvalue weighted by molar-refractivity contribution is 5.80. The summed E-state index contributed by atoms with van der Waals surface area (Å²) in [5.41, 5.74) is 3.28. The van der Waals surface area contributed by atoms with Gasteiger partial charge in [-0.1, -0.05) is 36.9 Å². The number of aliphatic carboxylic acids is 1. The van der Waals surface area contributed by atoms with Crippen molar-refractivity contribution in [1.82, 2.24) is 5.32 Å². The van der Waals surface area contributed by atoms with Crippen LogP contribution in [0.5, 0.6) is 0 Å².